The Morgan fingerprint density at radius 2 is 2.00 bits per heavy atom. The number of aromatic hydroxyl groups is 1. The average molecular weight is 159 g/mol. The van der Waals surface area contributed by atoms with Crippen LogP contribution in [0.25, 0.3) is 0 Å². The highest BCUT2D eigenvalue weighted by atomic mass is 35.5. The Bertz CT molecular complexity index is 215. The molecule has 0 aliphatic heterocycles. The molecule has 0 radical (unpaired) electrons. The third-order valence-electron chi connectivity index (χ3n) is 1.12. The van der Waals surface area contributed by atoms with Gasteiger partial charge in [-0.15, -0.1) is 0 Å². The Hall–Kier alpha value is -0.730. The van der Waals surface area contributed by atoms with Crippen molar-refractivity contribution in [2.75, 3.05) is 0 Å². The van der Waals surface area contributed by atoms with E-state index < -0.39 is 0 Å². The number of hydrogen-bond donors (Lipinski definition) is 2. The third kappa shape index (κ3) is 1.62. The van der Waals surface area contributed by atoms with Gasteiger partial charge in [0.1, 0.15) is 5.75 Å². The molecule has 0 aliphatic rings. The SMILES string of the molecule is OCc1cc(O)cc(Cl)c1. The van der Waals surface area contributed by atoms with Crippen molar-refractivity contribution in [2.45, 2.75) is 6.61 Å². The van der Waals surface area contributed by atoms with E-state index in [1.54, 1.807) is 6.07 Å². The van der Waals surface area contributed by atoms with Crippen molar-refractivity contribution in [1.82, 2.24) is 0 Å². The summed E-state index contributed by atoms with van der Waals surface area (Å²) in [5.41, 5.74) is 0.616. The number of hydrogen-bond acceptors (Lipinski definition) is 2. The molecule has 2 N–H and O–H groups in total. The van der Waals surface area contributed by atoms with E-state index in [2.05, 4.69) is 0 Å². The summed E-state index contributed by atoms with van der Waals surface area (Å²) in [5.74, 6) is 0.0801. The average Bonchev–Trinajstić information content (AvgIpc) is 1.85. The zero-order valence-corrected chi connectivity index (χ0v) is 5.97. The maximum Gasteiger partial charge on any atom is 0.117 e. The number of phenols is 1. The zero-order valence-electron chi connectivity index (χ0n) is 5.21. The van der Waals surface area contributed by atoms with Gasteiger partial charge in [-0.3, -0.25) is 0 Å². The number of rotatable bonds is 1. The Kier molecular flexibility index (Phi) is 2.14. The van der Waals surface area contributed by atoms with Crippen molar-refractivity contribution >= 4 is 11.6 Å². The molecule has 0 amide bonds. The second kappa shape index (κ2) is 2.90. The molecule has 1 rings (SSSR count). The molecule has 0 saturated heterocycles. The van der Waals surface area contributed by atoms with E-state index in [0.29, 0.717) is 10.6 Å². The Balaban J connectivity index is 3.06. The lowest BCUT2D eigenvalue weighted by atomic mass is 10.2. The molecular formula is C7H7ClO2. The van der Waals surface area contributed by atoms with Crippen LogP contribution in [0.5, 0.6) is 5.75 Å². The van der Waals surface area contributed by atoms with Crippen molar-refractivity contribution in [2.24, 2.45) is 0 Å². The van der Waals surface area contributed by atoms with Crippen molar-refractivity contribution in [3.05, 3.63) is 28.8 Å². The van der Waals surface area contributed by atoms with Crippen LogP contribution in [0.15, 0.2) is 18.2 Å². The highest BCUT2D eigenvalue weighted by Gasteiger charge is 1.95. The van der Waals surface area contributed by atoms with E-state index in [9.17, 15) is 0 Å². The Labute approximate surface area is 63.7 Å². The largest absolute Gasteiger partial charge is 0.508 e. The number of aliphatic hydroxyl groups excluding tert-OH is 1. The van der Waals surface area contributed by atoms with Gasteiger partial charge in [0.15, 0.2) is 0 Å². The lowest BCUT2D eigenvalue weighted by Crippen LogP contribution is -1.81. The summed E-state index contributed by atoms with van der Waals surface area (Å²) in [6.07, 6.45) is 0. The van der Waals surface area contributed by atoms with Gasteiger partial charge in [-0.25, -0.2) is 0 Å². The van der Waals surface area contributed by atoms with Gasteiger partial charge in [0.2, 0.25) is 0 Å². The molecule has 0 bridgehead atoms. The molecule has 0 unspecified atom stereocenters. The molecule has 0 spiro atoms. The molecule has 0 heterocycles. The van der Waals surface area contributed by atoms with Crippen molar-refractivity contribution in [3.63, 3.8) is 0 Å². The van der Waals surface area contributed by atoms with Gasteiger partial charge in [-0.1, -0.05) is 11.6 Å². The van der Waals surface area contributed by atoms with Crippen LogP contribution in [-0.4, -0.2) is 10.2 Å². The minimum Gasteiger partial charge on any atom is -0.508 e. The van der Waals surface area contributed by atoms with Crippen LogP contribution in [0.3, 0.4) is 0 Å². The van der Waals surface area contributed by atoms with E-state index >= 15 is 0 Å². The molecule has 0 atom stereocenters. The van der Waals surface area contributed by atoms with Crippen LogP contribution in [0, 0.1) is 0 Å². The summed E-state index contributed by atoms with van der Waals surface area (Å²) in [5, 5.41) is 18.0. The van der Waals surface area contributed by atoms with Gasteiger partial charge in [-0.2, -0.15) is 0 Å². The van der Waals surface area contributed by atoms with Crippen molar-refractivity contribution < 1.29 is 10.2 Å². The maximum absolute atomic E-state index is 8.93. The van der Waals surface area contributed by atoms with Crippen LogP contribution in [0.1, 0.15) is 5.56 Å². The quantitative estimate of drug-likeness (QED) is 0.651. The van der Waals surface area contributed by atoms with Crippen LogP contribution >= 0.6 is 11.6 Å². The second-order valence-corrected chi connectivity index (χ2v) is 2.41. The number of halogens is 1. The first kappa shape index (κ1) is 7.38. The first-order chi connectivity index (χ1) is 4.72. The topological polar surface area (TPSA) is 40.5 Å². The van der Waals surface area contributed by atoms with Crippen LogP contribution < -0.4 is 0 Å². The standard InChI is InChI=1S/C7H7ClO2/c8-6-1-5(4-9)2-7(10)3-6/h1-3,9-10H,4H2. The molecule has 0 saturated carbocycles. The van der Waals surface area contributed by atoms with Crippen molar-refractivity contribution in [1.29, 1.82) is 0 Å². The molecular weight excluding hydrogens is 152 g/mol. The maximum atomic E-state index is 8.93. The van der Waals surface area contributed by atoms with Crippen LogP contribution in [0.2, 0.25) is 5.02 Å². The van der Waals surface area contributed by atoms with Crippen molar-refractivity contribution in [3.8, 4) is 5.75 Å². The van der Waals surface area contributed by atoms with Crippen LogP contribution in [0.4, 0.5) is 0 Å². The van der Waals surface area contributed by atoms with Gasteiger partial charge in [-0.05, 0) is 23.8 Å². The number of phenolic OH excluding ortho intramolecular Hbond substituents is 1. The minimum atomic E-state index is -0.103. The smallest absolute Gasteiger partial charge is 0.117 e. The number of benzene rings is 1. The Morgan fingerprint density at radius 1 is 1.30 bits per heavy atom. The summed E-state index contributed by atoms with van der Waals surface area (Å²) in [7, 11) is 0. The molecule has 3 heteroatoms. The van der Waals surface area contributed by atoms with Gasteiger partial charge in [0.25, 0.3) is 0 Å². The van der Waals surface area contributed by atoms with E-state index in [4.69, 9.17) is 21.8 Å². The first-order valence-corrected chi connectivity index (χ1v) is 3.19. The minimum absolute atomic E-state index is 0.0801. The van der Waals surface area contributed by atoms with E-state index in [0.717, 1.165) is 0 Å². The highest BCUT2D eigenvalue weighted by molar-refractivity contribution is 6.30. The van der Waals surface area contributed by atoms with E-state index in [-0.39, 0.29) is 12.4 Å². The third-order valence-corrected chi connectivity index (χ3v) is 1.34. The molecule has 0 aromatic heterocycles. The van der Waals surface area contributed by atoms with Gasteiger partial charge >= 0.3 is 0 Å². The number of aliphatic hydroxyl groups is 1. The highest BCUT2D eigenvalue weighted by Crippen LogP contribution is 2.19. The fourth-order valence-corrected chi connectivity index (χ4v) is 0.977. The summed E-state index contributed by atoms with van der Waals surface area (Å²) in [6, 6.07) is 4.48. The van der Waals surface area contributed by atoms with Gasteiger partial charge < -0.3 is 10.2 Å². The van der Waals surface area contributed by atoms with E-state index in [1.165, 1.54) is 12.1 Å². The normalized spacial score (nSPS) is 9.80. The van der Waals surface area contributed by atoms with Gasteiger partial charge in [0, 0.05) is 5.02 Å². The molecule has 0 fully saturated rings. The summed E-state index contributed by atoms with van der Waals surface area (Å²) in [4.78, 5) is 0. The second-order valence-electron chi connectivity index (χ2n) is 1.98. The summed E-state index contributed by atoms with van der Waals surface area (Å²) in [6.45, 7) is -0.103. The Morgan fingerprint density at radius 3 is 2.50 bits per heavy atom. The van der Waals surface area contributed by atoms with Crippen LogP contribution in [-0.2, 0) is 6.61 Å². The first-order valence-electron chi connectivity index (χ1n) is 2.81. The summed E-state index contributed by atoms with van der Waals surface area (Å²) < 4.78 is 0. The van der Waals surface area contributed by atoms with E-state index in [1.807, 2.05) is 0 Å². The predicted octanol–water partition coefficient (Wildman–Crippen LogP) is 1.54. The zero-order chi connectivity index (χ0) is 7.56. The fourth-order valence-electron chi connectivity index (χ4n) is 0.725. The molecule has 2 nitrogen and oxygen atoms in total. The molecule has 1 aromatic rings. The summed E-state index contributed by atoms with van der Waals surface area (Å²) >= 11 is 5.56. The monoisotopic (exact) mass is 158 g/mol. The lowest BCUT2D eigenvalue weighted by Gasteiger charge is -1.97. The molecule has 54 valence electrons. The van der Waals surface area contributed by atoms with Gasteiger partial charge in [0.05, 0.1) is 6.61 Å². The molecule has 0 aliphatic carbocycles. The fraction of sp³-hybridized carbons (Fsp3) is 0.143. The molecule has 1 aromatic carbocycles. The predicted molar refractivity (Wildman–Crippen MR) is 39.0 cm³/mol. The lowest BCUT2D eigenvalue weighted by molar-refractivity contribution is 0.281. The molecule has 10 heavy (non-hydrogen) atoms.